The van der Waals surface area contributed by atoms with Gasteiger partial charge in [-0.25, -0.2) is 9.97 Å². The molecule has 0 radical (unpaired) electrons. The lowest BCUT2D eigenvalue weighted by Crippen LogP contribution is -1.82. The van der Waals surface area contributed by atoms with Gasteiger partial charge < -0.3 is 0 Å². The quantitative estimate of drug-likeness (QED) is 0.205. The van der Waals surface area contributed by atoms with Crippen molar-refractivity contribution in [3.8, 4) is 54.5 Å². The Morgan fingerprint density at radius 1 is 0.310 bits per heavy atom. The van der Waals surface area contributed by atoms with Crippen molar-refractivity contribution in [1.82, 2.24) is 9.97 Å². The van der Waals surface area contributed by atoms with Crippen LogP contribution in [0.2, 0.25) is 0 Å². The third kappa shape index (κ3) is 4.71. The zero-order valence-corrected chi connectivity index (χ0v) is 24.2. The fourth-order valence-corrected chi connectivity index (χ4v) is 7.24. The van der Waals surface area contributed by atoms with Crippen molar-refractivity contribution in [3.05, 3.63) is 146 Å². The SMILES string of the molecule is c1ccc(-c2ccc3sc(-c4ccc(-c5ccc(-c6nc7cc(-c8ccccc8)ccc7s6)cc5)cc4)nc3c2)cc1. The van der Waals surface area contributed by atoms with E-state index in [1.807, 2.05) is 12.1 Å². The van der Waals surface area contributed by atoms with Crippen LogP contribution in [-0.2, 0) is 0 Å². The Morgan fingerprint density at radius 3 is 1.05 bits per heavy atom. The van der Waals surface area contributed by atoms with Gasteiger partial charge in [0.15, 0.2) is 0 Å². The standard InChI is InChI=1S/C38H24N2S2/c1-3-7-25(8-4-1)31-19-21-35-33(23-31)39-37(41-35)29-15-11-27(12-16-29)28-13-17-30(18-14-28)38-40-34-24-32(20-22-36(34)42-38)26-9-5-2-6-10-26/h1-24H. The fraction of sp³-hybridized carbons (Fsp3) is 0. The van der Waals surface area contributed by atoms with E-state index in [1.54, 1.807) is 22.7 Å². The summed E-state index contributed by atoms with van der Waals surface area (Å²) in [6.07, 6.45) is 0. The first kappa shape index (κ1) is 24.9. The Hall–Kier alpha value is -4.90. The molecular weight excluding hydrogens is 549 g/mol. The van der Waals surface area contributed by atoms with Crippen LogP contribution in [0, 0.1) is 0 Å². The van der Waals surface area contributed by atoms with Crippen molar-refractivity contribution >= 4 is 43.1 Å². The zero-order chi connectivity index (χ0) is 27.9. The Kier molecular flexibility index (Phi) is 6.21. The second-order valence-electron chi connectivity index (χ2n) is 10.3. The Bertz CT molecular complexity index is 2000. The molecule has 0 saturated carbocycles. The summed E-state index contributed by atoms with van der Waals surface area (Å²) < 4.78 is 2.41. The maximum absolute atomic E-state index is 4.97. The maximum Gasteiger partial charge on any atom is 0.124 e. The van der Waals surface area contributed by atoms with Crippen LogP contribution in [0.3, 0.4) is 0 Å². The van der Waals surface area contributed by atoms with E-state index in [4.69, 9.17) is 9.97 Å². The van der Waals surface area contributed by atoms with Crippen LogP contribution in [0.1, 0.15) is 0 Å². The molecule has 0 saturated heterocycles. The summed E-state index contributed by atoms with van der Waals surface area (Å²) in [5.74, 6) is 0. The highest BCUT2D eigenvalue weighted by atomic mass is 32.1. The van der Waals surface area contributed by atoms with Gasteiger partial charge in [-0.15, -0.1) is 22.7 Å². The van der Waals surface area contributed by atoms with Crippen LogP contribution in [0.25, 0.3) is 75.0 Å². The smallest absolute Gasteiger partial charge is 0.124 e. The Balaban J connectivity index is 1.03. The number of rotatable bonds is 5. The molecule has 4 heteroatoms. The number of nitrogens with zero attached hydrogens (tertiary/aromatic N) is 2. The van der Waals surface area contributed by atoms with Crippen molar-refractivity contribution in [1.29, 1.82) is 0 Å². The molecule has 2 aromatic heterocycles. The van der Waals surface area contributed by atoms with Gasteiger partial charge in [-0.3, -0.25) is 0 Å². The second-order valence-corrected chi connectivity index (χ2v) is 12.4. The number of aromatic nitrogens is 2. The summed E-state index contributed by atoms with van der Waals surface area (Å²) in [7, 11) is 0. The minimum atomic E-state index is 1.04. The molecule has 0 bridgehead atoms. The second kappa shape index (κ2) is 10.5. The molecule has 0 atom stereocenters. The first-order valence-electron chi connectivity index (χ1n) is 13.9. The summed E-state index contributed by atoms with van der Waals surface area (Å²) in [5, 5.41) is 2.09. The summed E-state index contributed by atoms with van der Waals surface area (Å²) in [5.41, 5.74) is 11.6. The van der Waals surface area contributed by atoms with Gasteiger partial charge in [-0.1, -0.05) is 121 Å². The Morgan fingerprint density at radius 2 is 0.643 bits per heavy atom. The van der Waals surface area contributed by atoms with Crippen molar-refractivity contribution in [2.24, 2.45) is 0 Å². The maximum atomic E-state index is 4.97. The third-order valence-corrected chi connectivity index (χ3v) is 9.76. The topological polar surface area (TPSA) is 25.8 Å². The van der Waals surface area contributed by atoms with Crippen molar-refractivity contribution < 1.29 is 0 Å². The molecule has 6 aromatic carbocycles. The van der Waals surface area contributed by atoms with Gasteiger partial charge in [0.1, 0.15) is 10.0 Å². The average molecular weight is 573 g/mol. The molecule has 8 aromatic rings. The van der Waals surface area contributed by atoms with E-state index in [1.165, 1.54) is 42.8 Å². The van der Waals surface area contributed by atoms with Crippen LogP contribution >= 0.6 is 22.7 Å². The largest absolute Gasteiger partial charge is 0.236 e. The zero-order valence-electron chi connectivity index (χ0n) is 22.6. The minimum Gasteiger partial charge on any atom is -0.236 e. The summed E-state index contributed by atoms with van der Waals surface area (Å²) >= 11 is 3.48. The molecule has 8 rings (SSSR count). The summed E-state index contributed by atoms with van der Waals surface area (Å²) in [6.45, 7) is 0. The minimum absolute atomic E-state index is 1.04. The molecule has 2 nitrogen and oxygen atoms in total. The average Bonchev–Trinajstić information content (AvgIpc) is 3.70. The molecule has 0 aliphatic carbocycles. The molecule has 0 spiro atoms. The summed E-state index contributed by atoms with van der Waals surface area (Å²) in [6, 6.07) is 51.5. The first-order chi connectivity index (χ1) is 20.8. The molecule has 198 valence electrons. The van der Waals surface area contributed by atoms with Crippen molar-refractivity contribution in [2.75, 3.05) is 0 Å². The number of hydrogen-bond acceptors (Lipinski definition) is 4. The summed E-state index contributed by atoms with van der Waals surface area (Å²) in [4.78, 5) is 9.94. The predicted molar refractivity (Wildman–Crippen MR) is 180 cm³/mol. The van der Waals surface area contributed by atoms with Crippen LogP contribution in [0.4, 0.5) is 0 Å². The van der Waals surface area contributed by atoms with Gasteiger partial charge in [-0.05, 0) is 57.6 Å². The molecule has 42 heavy (non-hydrogen) atoms. The van der Waals surface area contributed by atoms with Crippen LogP contribution in [0.5, 0.6) is 0 Å². The van der Waals surface area contributed by atoms with E-state index in [9.17, 15) is 0 Å². The van der Waals surface area contributed by atoms with Gasteiger partial charge in [0, 0.05) is 11.1 Å². The number of hydrogen-bond donors (Lipinski definition) is 0. The first-order valence-corrected chi connectivity index (χ1v) is 15.5. The number of benzene rings is 6. The van der Waals surface area contributed by atoms with E-state index in [0.29, 0.717) is 0 Å². The molecule has 0 aliphatic rings. The molecular formula is C38H24N2S2. The van der Waals surface area contributed by atoms with Crippen molar-refractivity contribution in [2.45, 2.75) is 0 Å². The van der Waals surface area contributed by atoms with E-state index in [2.05, 4.69) is 133 Å². The lowest BCUT2D eigenvalue weighted by molar-refractivity contribution is 1.47. The van der Waals surface area contributed by atoms with Crippen LogP contribution in [0.15, 0.2) is 146 Å². The lowest BCUT2D eigenvalue weighted by Gasteiger charge is -2.04. The highest BCUT2D eigenvalue weighted by molar-refractivity contribution is 7.22. The predicted octanol–water partition coefficient (Wildman–Crippen LogP) is 11.2. The van der Waals surface area contributed by atoms with Gasteiger partial charge in [0.2, 0.25) is 0 Å². The van der Waals surface area contributed by atoms with E-state index in [0.717, 1.165) is 32.2 Å². The van der Waals surface area contributed by atoms with Gasteiger partial charge in [0.25, 0.3) is 0 Å². The van der Waals surface area contributed by atoms with E-state index >= 15 is 0 Å². The van der Waals surface area contributed by atoms with E-state index < -0.39 is 0 Å². The highest BCUT2D eigenvalue weighted by Gasteiger charge is 2.11. The molecule has 0 N–H and O–H groups in total. The molecule has 0 amide bonds. The normalized spacial score (nSPS) is 11.3. The Labute approximate surface area is 252 Å². The van der Waals surface area contributed by atoms with Gasteiger partial charge >= 0.3 is 0 Å². The van der Waals surface area contributed by atoms with Crippen molar-refractivity contribution in [3.63, 3.8) is 0 Å². The highest BCUT2D eigenvalue weighted by Crippen LogP contribution is 2.36. The van der Waals surface area contributed by atoms with E-state index in [-0.39, 0.29) is 0 Å². The molecule has 2 heterocycles. The number of fused-ring (bicyclic) bond motifs is 2. The number of thiazole rings is 2. The molecule has 0 unspecified atom stereocenters. The van der Waals surface area contributed by atoms with Crippen LogP contribution in [-0.4, -0.2) is 9.97 Å². The monoisotopic (exact) mass is 572 g/mol. The third-order valence-electron chi connectivity index (χ3n) is 7.59. The molecule has 0 fully saturated rings. The lowest BCUT2D eigenvalue weighted by atomic mass is 10.0. The molecule has 0 aliphatic heterocycles. The van der Waals surface area contributed by atoms with Gasteiger partial charge in [0.05, 0.1) is 20.4 Å². The van der Waals surface area contributed by atoms with Crippen LogP contribution < -0.4 is 0 Å². The fourth-order valence-electron chi connectivity index (χ4n) is 5.33. The van der Waals surface area contributed by atoms with Gasteiger partial charge in [-0.2, -0.15) is 0 Å².